The lowest BCUT2D eigenvalue weighted by Gasteiger charge is -2.19. The highest BCUT2D eigenvalue weighted by molar-refractivity contribution is 7.19. The highest BCUT2D eigenvalue weighted by atomic mass is 32.1. The van der Waals surface area contributed by atoms with Gasteiger partial charge < -0.3 is 0 Å². The molecule has 0 aromatic carbocycles. The van der Waals surface area contributed by atoms with Crippen molar-refractivity contribution in [3.05, 3.63) is 28.8 Å². The first kappa shape index (κ1) is 9.66. The molecule has 2 heterocycles. The van der Waals surface area contributed by atoms with Gasteiger partial charge in [0, 0.05) is 11.1 Å². The van der Waals surface area contributed by atoms with Crippen LogP contribution in [0.3, 0.4) is 0 Å². The highest BCUT2D eigenvalue weighted by Gasteiger charge is 2.18. The van der Waals surface area contributed by atoms with Gasteiger partial charge in [-0.05, 0) is 30.0 Å². The van der Waals surface area contributed by atoms with Crippen molar-refractivity contribution in [2.24, 2.45) is 0 Å². The molecule has 0 saturated heterocycles. The van der Waals surface area contributed by atoms with E-state index in [1.807, 2.05) is 17.5 Å². The lowest BCUT2D eigenvalue weighted by Crippen LogP contribution is -2.11. The molecule has 0 aliphatic carbocycles. The summed E-state index contributed by atoms with van der Waals surface area (Å²) in [6, 6.07) is 4.30. The summed E-state index contributed by atoms with van der Waals surface area (Å²) in [5.74, 6) is 0. The van der Waals surface area contributed by atoms with Crippen LogP contribution in [0.25, 0.3) is 10.2 Å². The highest BCUT2D eigenvalue weighted by Crippen LogP contribution is 2.33. The van der Waals surface area contributed by atoms with Crippen LogP contribution in [-0.4, -0.2) is 4.98 Å². The fourth-order valence-electron chi connectivity index (χ4n) is 1.65. The van der Waals surface area contributed by atoms with E-state index >= 15 is 0 Å². The van der Waals surface area contributed by atoms with Crippen molar-refractivity contribution in [1.82, 2.24) is 4.98 Å². The zero-order valence-corrected chi connectivity index (χ0v) is 9.90. The van der Waals surface area contributed by atoms with Crippen LogP contribution in [0.2, 0.25) is 0 Å². The van der Waals surface area contributed by atoms with E-state index in [1.54, 1.807) is 0 Å². The van der Waals surface area contributed by atoms with Crippen LogP contribution in [-0.2, 0) is 5.41 Å². The molecule has 0 saturated carbocycles. The minimum Gasteiger partial charge on any atom is -0.255 e. The summed E-state index contributed by atoms with van der Waals surface area (Å²) >= 11 is 1.84. The van der Waals surface area contributed by atoms with Crippen LogP contribution in [0, 0.1) is 6.92 Å². The standard InChI is InChI=1S/C12H15NS/c1-8-7-10-11(14-8)9(5-6-13-10)12(2,3)4/h5-7H,1-4H3. The summed E-state index contributed by atoms with van der Waals surface area (Å²) in [4.78, 5) is 5.72. The van der Waals surface area contributed by atoms with Gasteiger partial charge in [0.25, 0.3) is 0 Å². The molecule has 0 radical (unpaired) electrons. The summed E-state index contributed by atoms with van der Waals surface area (Å²) in [6.07, 6.45) is 1.91. The van der Waals surface area contributed by atoms with Crippen molar-refractivity contribution in [2.45, 2.75) is 33.1 Å². The SMILES string of the molecule is Cc1cc2nccc(C(C)(C)C)c2s1. The molecule has 2 aromatic heterocycles. The van der Waals surface area contributed by atoms with Crippen molar-refractivity contribution in [3.63, 3.8) is 0 Å². The van der Waals surface area contributed by atoms with Gasteiger partial charge in [-0.3, -0.25) is 4.98 Å². The Balaban J connectivity index is 2.77. The molecule has 0 amide bonds. The van der Waals surface area contributed by atoms with Crippen molar-refractivity contribution in [3.8, 4) is 0 Å². The maximum absolute atomic E-state index is 4.39. The van der Waals surface area contributed by atoms with Gasteiger partial charge in [-0.1, -0.05) is 20.8 Å². The molecule has 14 heavy (non-hydrogen) atoms. The van der Waals surface area contributed by atoms with Gasteiger partial charge >= 0.3 is 0 Å². The maximum atomic E-state index is 4.39. The number of aromatic nitrogens is 1. The van der Waals surface area contributed by atoms with Gasteiger partial charge in [0.1, 0.15) is 0 Å². The molecule has 2 heteroatoms. The molecule has 0 aliphatic rings. The first-order valence-electron chi connectivity index (χ1n) is 4.84. The number of thiophene rings is 1. The molecule has 0 N–H and O–H groups in total. The Hall–Kier alpha value is -0.890. The second kappa shape index (κ2) is 3.06. The lowest BCUT2D eigenvalue weighted by atomic mass is 9.87. The number of aryl methyl sites for hydroxylation is 1. The minimum absolute atomic E-state index is 0.207. The Labute approximate surface area is 88.8 Å². The predicted molar refractivity (Wildman–Crippen MR) is 63.1 cm³/mol. The van der Waals surface area contributed by atoms with Crippen LogP contribution >= 0.6 is 11.3 Å². The number of pyridine rings is 1. The van der Waals surface area contributed by atoms with Gasteiger partial charge in [0.2, 0.25) is 0 Å². The predicted octanol–water partition coefficient (Wildman–Crippen LogP) is 3.90. The molecule has 0 aliphatic heterocycles. The normalized spacial score (nSPS) is 12.3. The third kappa shape index (κ3) is 1.55. The number of hydrogen-bond donors (Lipinski definition) is 0. The fraction of sp³-hybridized carbons (Fsp3) is 0.417. The van der Waals surface area contributed by atoms with Crippen molar-refractivity contribution in [2.75, 3.05) is 0 Å². The average molecular weight is 205 g/mol. The molecule has 0 unspecified atom stereocenters. The number of nitrogens with zero attached hydrogens (tertiary/aromatic N) is 1. The van der Waals surface area contributed by atoms with E-state index in [4.69, 9.17) is 0 Å². The number of hydrogen-bond acceptors (Lipinski definition) is 2. The zero-order valence-electron chi connectivity index (χ0n) is 9.09. The van der Waals surface area contributed by atoms with E-state index in [2.05, 4.69) is 44.8 Å². The topological polar surface area (TPSA) is 12.9 Å². The third-order valence-corrected chi connectivity index (χ3v) is 3.42. The fourth-order valence-corrected chi connectivity index (χ4v) is 2.84. The van der Waals surface area contributed by atoms with Crippen LogP contribution in [0.4, 0.5) is 0 Å². The maximum Gasteiger partial charge on any atom is 0.0815 e. The van der Waals surface area contributed by atoms with E-state index in [9.17, 15) is 0 Å². The van der Waals surface area contributed by atoms with Gasteiger partial charge in [0.05, 0.1) is 10.2 Å². The van der Waals surface area contributed by atoms with Crippen LogP contribution in [0.1, 0.15) is 31.2 Å². The Morgan fingerprint density at radius 3 is 2.64 bits per heavy atom. The summed E-state index contributed by atoms with van der Waals surface area (Å²) < 4.78 is 1.34. The van der Waals surface area contributed by atoms with E-state index in [-0.39, 0.29) is 5.41 Å². The third-order valence-electron chi connectivity index (χ3n) is 2.34. The number of fused-ring (bicyclic) bond motifs is 1. The molecule has 0 fully saturated rings. The molecule has 0 atom stereocenters. The molecule has 2 rings (SSSR count). The first-order chi connectivity index (χ1) is 6.48. The van der Waals surface area contributed by atoms with E-state index < -0.39 is 0 Å². The van der Waals surface area contributed by atoms with Gasteiger partial charge in [-0.15, -0.1) is 11.3 Å². The largest absolute Gasteiger partial charge is 0.255 e. The number of rotatable bonds is 0. The monoisotopic (exact) mass is 205 g/mol. The second-order valence-corrected chi connectivity index (χ2v) is 5.94. The van der Waals surface area contributed by atoms with Crippen molar-refractivity contribution in [1.29, 1.82) is 0 Å². The molecule has 1 nitrogen and oxygen atoms in total. The quantitative estimate of drug-likeness (QED) is 0.635. The summed E-state index contributed by atoms with van der Waals surface area (Å²) in [5.41, 5.74) is 2.75. The molecule has 74 valence electrons. The van der Waals surface area contributed by atoms with Gasteiger partial charge in [-0.2, -0.15) is 0 Å². The average Bonchev–Trinajstić information content (AvgIpc) is 2.41. The Morgan fingerprint density at radius 2 is 2.00 bits per heavy atom. The molecular weight excluding hydrogens is 190 g/mol. The Bertz CT molecular complexity index is 463. The second-order valence-electron chi connectivity index (χ2n) is 4.68. The van der Waals surface area contributed by atoms with Crippen LogP contribution < -0.4 is 0 Å². The molecule has 2 aromatic rings. The zero-order chi connectivity index (χ0) is 10.3. The molecular formula is C12H15NS. The van der Waals surface area contributed by atoms with Crippen molar-refractivity contribution >= 4 is 21.6 Å². The lowest BCUT2D eigenvalue weighted by molar-refractivity contribution is 0.596. The first-order valence-corrected chi connectivity index (χ1v) is 5.66. The van der Waals surface area contributed by atoms with Gasteiger partial charge in [0.15, 0.2) is 0 Å². The minimum atomic E-state index is 0.207. The summed E-state index contributed by atoms with van der Waals surface area (Å²) in [5, 5.41) is 0. The smallest absolute Gasteiger partial charge is 0.0815 e. The van der Waals surface area contributed by atoms with Crippen LogP contribution in [0.15, 0.2) is 18.3 Å². The van der Waals surface area contributed by atoms with Crippen molar-refractivity contribution < 1.29 is 0 Å². The molecule has 0 bridgehead atoms. The Morgan fingerprint density at radius 1 is 1.29 bits per heavy atom. The summed E-state index contributed by atoms with van der Waals surface area (Å²) in [7, 11) is 0. The summed E-state index contributed by atoms with van der Waals surface area (Å²) in [6.45, 7) is 8.88. The molecule has 0 spiro atoms. The van der Waals surface area contributed by atoms with E-state index in [0.717, 1.165) is 5.52 Å². The Kier molecular flexibility index (Phi) is 2.11. The van der Waals surface area contributed by atoms with Crippen LogP contribution in [0.5, 0.6) is 0 Å². The van der Waals surface area contributed by atoms with E-state index in [0.29, 0.717) is 0 Å². The van der Waals surface area contributed by atoms with E-state index in [1.165, 1.54) is 15.1 Å². The van der Waals surface area contributed by atoms with Gasteiger partial charge in [-0.25, -0.2) is 0 Å².